The molecular weight excluding hydrogens is 388 g/mol. The number of hydrogen-bond donors (Lipinski definition) is 1. The van der Waals surface area contributed by atoms with Crippen molar-refractivity contribution in [2.24, 2.45) is 0 Å². The summed E-state index contributed by atoms with van der Waals surface area (Å²) >= 11 is 0. The predicted octanol–water partition coefficient (Wildman–Crippen LogP) is 3.80. The van der Waals surface area contributed by atoms with E-state index in [1.807, 2.05) is 12.1 Å². The number of nitrogens with zero attached hydrogens (tertiary/aromatic N) is 1. The molecule has 0 unspecified atom stereocenters. The largest absolute Gasteiger partial charge is 0.494 e. The molecule has 7 heteroatoms. The number of hydrogen-bond acceptors (Lipinski definition) is 5. The van der Waals surface area contributed by atoms with Gasteiger partial charge < -0.3 is 15.0 Å². The van der Waals surface area contributed by atoms with Crippen LogP contribution in [0, 0.1) is 6.92 Å². The summed E-state index contributed by atoms with van der Waals surface area (Å²) < 4.78 is 28.5. The van der Waals surface area contributed by atoms with Crippen molar-refractivity contribution < 1.29 is 17.9 Å². The van der Waals surface area contributed by atoms with Crippen LogP contribution in [-0.4, -0.2) is 40.3 Å². The Morgan fingerprint density at radius 3 is 2.41 bits per heavy atom. The number of rotatable bonds is 8. The maximum atomic E-state index is 12.2. The van der Waals surface area contributed by atoms with Gasteiger partial charge in [-0.2, -0.15) is 0 Å². The van der Waals surface area contributed by atoms with Crippen LogP contribution in [0.5, 0.6) is 5.75 Å². The molecule has 156 valence electrons. The first-order valence-corrected chi connectivity index (χ1v) is 11.8. The summed E-state index contributed by atoms with van der Waals surface area (Å²) in [5.74, 6) is 0.542. The first-order valence-electron chi connectivity index (χ1n) is 9.91. The third kappa shape index (κ3) is 5.97. The van der Waals surface area contributed by atoms with Gasteiger partial charge in [0.15, 0.2) is 9.84 Å². The lowest BCUT2D eigenvalue weighted by Gasteiger charge is -2.20. The Morgan fingerprint density at radius 1 is 1.10 bits per heavy atom. The van der Waals surface area contributed by atoms with Crippen LogP contribution >= 0.6 is 0 Å². The second-order valence-corrected chi connectivity index (χ2v) is 9.45. The van der Waals surface area contributed by atoms with Crippen LogP contribution in [0.2, 0.25) is 0 Å². The van der Waals surface area contributed by atoms with Gasteiger partial charge in [0, 0.05) is 37.1 Å². The van der Waals surface area contributed by atoms with E-state index in [4.69, 9.17) is 4.74 Å². The van der Waals surface area contributed by atoms with E-state index in [0.717, 1.165) is 18.8 Å². The number of amides is 1. The molecule has 0 bridgehead atoms. The van der Waals surface area contributed by atoms with E-state index < -0.39 is 9.84 Å². The summed E-state index contributed by atoms with van der Waals surface area (Å²) in [5.41, 5.74) is 3.23. The fourth-order valence-corrected chi connectivity index (χ4v) is 4.11. The normalized spacial score (nSPS) is 14.1. The van der Waals surface area contributed by atoms with Crippen molar-refractivity contribution in [3.63, 3.8) is 0 Å². The van der Waals surface area contributed by atoms with Gasteiger partial charge in [-0.15, -0.1) is 0 Å². The molecule has 0 aliphatic carbocycles. The van der Waals surface area contributed by atoms with E-state index in [1.54, 1.807) is 12.1 Å². The molecule has 0 spiro atoms. The highest BCUT2D eigenvalue weighted by atomic mass is 32.2. The third-order valence-corrected chi connectivity index (χ3v) is 6.12. The van der Waals surface area contributed by atoms with Crippen molar-refractivity contribution in [3.05, 3.63) is 48.0 Å². The topological polar surface area (TPSA) is 75.7 Å². The number of sulfone groups is 1. The van der Waals surface area contributed by atoms with E-state index in [9.17, 15) is 13.2 Å². The van der Waals surface area contributed by atoms with E-state index in [-0.39, 0.29) is 10.8 Å². The third-order valence-electron chi connectivity index (χ3n) is 5.00. The van der Waals surface area contributed by atoms with Crippen LogP contribution in [0.3, 0.4) is 0 Å². The summed E-state index contributed by atoms with van der Waals surface area (Å²) in [7, 11) is -3.21. The van der Waals surface area contributed by atoms with Gasteiger partial charge >= 0.3 is 0 Å². The molecule has 1 N–H and O–H groups in total. The standard InChI is InChI=1S/C22H28N2O4S/c1-17-16-18(7-12-21(17)24-13-3-4-14-24)23-22(25)6-5-15-28-19-8-10-20(11-9-19)29(2,26)27/h7-12,16H,3-6,13-15H2,1-2H3,(H,23,25). The minimum atomic E-state index is -3.21. The lowest BCUT2D eigenvalue weighted by Crippen LogP contribution is -2.19. The summed E-state index contributed by atoms with van der Waals surface area (Å²) in [6, 6.07) is 12.3. The van der Waals surface area contributed by atoms with Crippen LogP contribution in [0.1, 0.15) is 31.2 Å². The van der Waals surface area contributed by atoms with Crippen molar-refractivity contribution in [1.29, 1.82) is 0 Å². The Hall–Kier alpha value is -2.54. The van der Waals surface area contributed by atoms with Crippen LogP contribution in [0.25, 0.3) is 0 Å². The summed E-state index contributed by atoms with van der Waals surface area (Å²) in [4.78, 5) is 14.8. The number of aryl methyl sites for hydroxylation is 1. The molecule has 2 aromatic rings. The van der Waals surface area contributed by atoms with Gasteiger partial charge in [0.05, 0.1) is 11.5 Å². The summed E-state index contributed by atoms with van der Waals surface area (Å²) in [6.45, 7) is 4.66. The van der Waals surface area contributed by atoms with Crippen molar-refractivity contribution in [3.8, 4) is 5.75 Å². The molecular formula is C22H28N2O4S. The van der Waals surface area contributed by atoms with Gasteiger partial charge in [0.2, 0.25) is 5.91 Å². The molecule has 1 fully saturated rings. The first-order chi connectivity index (χ1) is 13.8. The number of anilines is 2. The molecule has 2 aromatic carbocycles. The lowest BCUT2D eigenvalue weighted by atomic mass is 10.1. The molecule has 1 amide bonds. The molecule has 3 rings (SSSR count). The maximum Gasteiger partial charge on any atom is 0.224 e. The second-order valence-electron chi connectivity index (χ2n) is 7.44. The van der Waals surface area contributed by atoms with Crippen LogP contribution < -0.4 is 15.0 Å². The van der Waals surface area contributed by atoms with Gasteiger partial charge in [-0.25, -0.2) is 8.42 Å². The number of carbonyl (C=O) groups is 1. The lowest BCUT2D eigenvalue weighted by molar-refractivity contribution is -0.116. The fraction of sp³-hybridized carbons (Fsp3) is 0.409. The minimum absolute atomic E-state index is 0.0469. The smallest absolute Gasteiger partial charge is 0.224 e. The first kappa shape index (κ1) is 21.2. The summed E-state index contributed by atoms with van der Waals surface area (Å²) in [5, 5.41) is 2.94. The zero-order valence-electron chi connectivity index (χ0n) is 17.0. The molecule has 1 aliphatic heterocycles. The minimum Gasteiger partial charge on any atom is -0.494 e. The highest BCUT2D eigenvalue weighted by Crippen LogP contribution is 2.26. The quantitative estimate of drug-likeness (QED) is 0.663. The SMILES string of the molecule is Cc1cc(NC(=O)CCCOc2ccc(S(C)(=O)=O)cc2)ccc1N1CCCC1. The Balaban J connectivity index is 1.42. The number of benzene rings is 2. The van der Waals surface area contributed by atoms with Gasteiger partial charge in [-0.1, -0.05) is 0 Å². The maximum absolute atomic E-state index is 12.2. The Labute approximate surface area is 172 Å². The van der Waals surface area contributed by atoms with Crippen molar-refractivity contribution >= 4 is 27.1 Å². The molecule has 0 saturated carbocycles. The number of ether oxygens (including phenoxy) is 1. The average molecular weight is 417 g/mol. The predicted molar refractivity (Wildman–Crippen MR) is 116 cm³/mol. The van der Waals surface area contributed by atoms with Crippen molar-refractivity contribution in [2.45, 2.75) is 37.5 Å². The molecule has 0 radical (unpaired) electrons. The second kappa shape index (κ2) is 9.31. The fourth-order valence-electron chi connectivity index (χ4n) is 3.48. The van der Waals surface area contributed by atoms with E-state index >= 15 is 0 Å². The van der Waals surface area contributed by atoms with Gasteiger partial charge in [-0.3, -0.25) is 4.79 Å². The van der Waals surface area contributed by atoms with E-state index in [1.165, 1.54) is 42.5 Å². The Kier molecular flexibility index (Phi) is 6.79. The molecule has 1 aliphatic rings. The van der Waals surface area contributed by atoms with Gasteiger partial charge in [-0.05, 0) is 74.2 Å². The van der Waals surface area contributed by atoms with Crippen molar-refractivity contribution in [2.75, 3.05) is 36.2 Å². The van der Waals surface area contributed by atoms with Gasteiger partial charge in [0.1, 0.15) is 5.75 Å². The molecule has 0 aromatic heterocycles. The highest BCUT2D eigenvalue weighted by molar-refractivity contribution is 7.90. The number of nitrogens with one attached hydrogen (secondary N) is 1. The van der Waals surface area contributed by atoms with E-state index in [0.29, 0.717) is 25.2 Å². The molecule has 29 heavy (non-hydrogen) atoms. The zero-order valence-corrected chi connectivity index (χ0v) is 17.8. The average Bonchev–Trinajstić information content (AvgIpc) is 3.19. The van der Waals surface area contributed by atoms with Crippen LogP contribution in [0.4, 0.5) is 11.4 Å². The van der Waals surface area contributed by atoms with Gasteiger partial charge in [0.25, 0.3) is 0 Å². The molecule has 1 saturated heterocycles. The van der Waals surface area contributed by atoms with Crippen LogP contribution in [-0.2, 0) is 14.6 Å². The molecule has 6 nitrogen and oxygen atoms in total. The van der Waals surface area contributed by atoms with E-state index in [2.05, 4.69) is 23.2 Å². The highest BCUT2D eigenvalue weighted by Gasteiger charge is 2.14. The Morgan fingerprint density at radius 2 is 1.79 bits per heavy atom. The monoisotopic (exact) mass is 416 g/mol. The molecule has 0 atom stereocenters. The number of carbonyl (C=O) groups excluding carboxylic acids is 1. The van der Waals surface area contributed by atoms with Crippen molar-refractivity contribution in [1.82, 2.24) is 0 Å². The zero-order chi connectivity index (χ0) is 20.9. The summed E-state index contributed by atoms with van der Waals surface area (Å²) in [6.07, 6.45) is 4.57. The molecule has 1 heterocycles. The Bertz CT molecular complexity index is 949. The van der Waals surface area contributed by atoms with Crippen LogP contribution in [0.15, 0.2) is 47.4 Å².